The van der Waals surface area contributed by atoms with Crippen LogP contribution in [0.5, 0.6) is 0 Å². The fraction of sp³-hybridized carbons (Fsp3) is 0.750. The van der Waals surface area contributed by atoms with Gasteiger partial charge in [-0.05, 0) is 13.3 Å². The average Bonchev–Trinajstić information content (AvgIpc) is 2.10. The molecule has 0 spiro atoms. The minimum atomic E-state index is -0.802. The molecule has 4 nitrogen and oxygen atoms in total. The Hall–Kier alpha value is -0.490. The van der Waals surface area contributed by atoms with Crippen molar-refractivity contribution in [1.82, 2.24) is 5.32 Å². The van der Waals surface area contributed by atoms with Gasteiger partial charge in [-0.1, -0.05) is 12.2 Å². The van der Waals surface area contributed by atoms with Gasteiger partial charge in [0, 0.05) is 29.4 Å². The van der Waals surface area contributed by atoms with E-state index in [2.05, 4.69) is 17.5 Å². The molecule has 0 fully saturated rings. The van der Waals surface area contributed by atoms with Crippen LogP contribution in [0.25, 0.3) is 0 Å². The molecule has 6 heteroatoms. The number of nitrogens with two attached hydrogens (primary N) is 1. The molecular weight excluding hydrogens is 220 g/mol. The zero-order valence-corrected chi connectivity index (χ0v) is 10.0. The molecule has 3 N–H and O–H groups in total. The third-order valence-electron chi connectivity index (χ3n) is 1.73. The van der Waals surface area contributed by atoms with Crippen molar-refractivity contribution >= 4 is 33.9 Å². The van der Waals surface area contributed by atoms with Gasteiger partial charge in [0.2, 0.25) is 5.91 Å². The predicted molar refractivity (Wildman–Crippen MR) is 62.5 cm³/mol. The monoisotopic (exact) mass is 236 g/mol. The van der Waals surface area contributed by atoms with Gasteiger partial charge in [0.05, 0.1) is 10.9 Å². The lowest BCUT2D eigenvalue weighted by Gasteiger charge is -2.09. The van der Waals surface area contributed by atoms with Crippen molar-refractivity contribution in [2.75, 3.05) is 18.6 Å². The summed E-state index contributed by atoms with van der Waals surface area (Å²) in [5.74, 6) is -0.00151. The third-order valence-corrected chi connectivity index (χ3v) is 2.95. The number of carbonyl (C=O) groups is 1. The zero-order chi connectivity index (χ0) is 11.1. The van der Waals surface area contributed by atoms with Gasteiger partial charge in [-0.3, -0.25) is 9.00 Å². The van der Waals surface area contributed by atoms with Crippen LogP contribution in [0.2, 0.25) is 0 Å². The first kappa shape index (κ1) is 13.5. The van der Waals surface area contributed by atoms with Crippen LogP contribution in [0.15, 0.2) is 0 Å². The van der Waals surface area contributed by atoms with Crippen LogP contribution in [0, 0.1) is 5.92 Å². The lowest BCUT2D eigenvalue weighted by atomic mass is 10.1. The fourth-order valence-electron chi connectivity index (χ4n) is 0.769. The molecule has 0 aromatic heterocycles. The van der Waals surface area contributed by atoms with Gasteiger partial charge in [-0.25, -0.2) is 0 Å². The molecule has 0 saturated carbocycles. The maximum absolute atomic E-state index is 11.3. The molecule has 0 aromatic rings. The Morgan fingerprint density at radius 2 is 2.21 bits per heavy atom. The molecule has 0 aliphatic heterocycles. The molecule has 0 saturated heterocycles. The van der Waals surface area contributed by atoms with Crippen LogP contribution < -0.4 is 11.1 Å². The highest BCUT2D eigenvalue weighted by Gasteiger charge is 2.14. The topological polar surface area (TPSA) is 72.2 Å². The molecule has 0 aromatic carbocycles. The number of amides is 1. The summed E-state index contributed by atoms with van der Waals surface area (Å²) in [7, 11) is -0.802. The molecular formula is C8H16N2O2S2. The highest BCUT2D eigenvalue weighted by molar-refractivity contribution is 7.84. The van der Waals surface area contributed by atoms with Crippen molar-refractivity contribution in [2.45, 2.75) is 13.3 Å². The van der Waals surface area contributed by atoms with Crippen molar-refractivity contribution in [3.63, 3.8) is 0 Å². The van der Waals surface area contributed by atoms with E-state index < -0.39 is 16.7 Å². The highest BCUT2D eigenvalue weighted by atomic mass is 32.2. The van der Waals surface area contributed by atoms with Crippen LogP contribution >= 0.6 is 12.2 Å². The van der Waals surface area contributed by atoms with Gasteiger partial charge in [0.1, 0.15) is 0 Å². The number of nitrogens with one attached hydrogen (secondary N) is 1. The van der Waals surface area contributed by atoms with Crippen LogP contribution in [0.3, 0.4) is 0 Å². The van der Waals surface area contributed by atoms with E-state index in [1.807, 2.05) is 0 Å². The van der Waals surface area contributed by atoms with Crippen LogP contribution in [-0.2, 0) is 15.6 Å². The third kappa shape index (κ3) is 6.04. The lowest BCUT2D eigenvalue weighted by Crippen LogP contribution is -2.36. The molecule has 2 atom stereocenters. The van der Waals surface area contributed by atoms with Gasteiger partial charge >= 0.3 is 0 Å². The molecule has 0 bridgehead atoms. The Balaban J connectivity index is 3.64. The smallest absolute Gasteiger partial charge is 0.229 e. The zero-order valence-electron chi connectivity index (χ0n) is 8.41. The molecule has 14 heavy (non-hydrogen) atoms. The summed E-state index contributed by atoms with van der Waals surface area (Å²) in [6.45, 7) is 2.18. The van der Waals surface area contributed by atoms with Crippen molar-refractivity contribution in [3.05, 3.63) is 0 Å². The van der Waals surface area contributed by atoms with Gasteiger partial charge < -0.3 is 11.1 Å². The summed E-state index contributed by atoms with van der Waals surface area (Å²) in [5.41, 5.74) is 5.31. The highest BCUT2D eigenvalue weighted by Crippen LogP contribution is 1.94. The van der Waals surface area contributed by atoms with Gasteiger partial charge in [-0.2, -0.15) is 0 Å². The fourth-order valence-corrected chi connectivity index (χ4v) is 1.43. The Morgan fingerprint density at radius 3 is 2.64 bits per heavy atom. The quantitative estimate of drug-likeness (QED) is 0.494. The summed E-state index contributed by atoms with van der Waals surface area (Å²) >= 11 is 4.68. The second kappa shape index (κ2) is 6.89. The summed E-state index contributed by atoms with van der Waals surface area (Å²) in [6.07, 6.45) is 2.35. The Labute approximate surface area is 92.1 Å². The van der Waals surface area contributed by atoms with E-state index in [0.29, 0.717) is 18.7 Å². The van der Waals surface area contributed by atoms with E-state index in [0.717, 1.165) is 0 Å². The number of thiocarbonyl (C=S) groups is 1. The van der Waals surface area contributed by atoms with E-state index in [1.165, 1.54) is 0 Å². The SMILES string of the molecule is CC(C(=O)NCCCS(C)=O)C(N)=S. The van der Waals surface area contributed by atoms with Crippen LogP contribution in [0.4, 0.5) is 0 Å². The largest absolute Gasteiger partial charge is 0.393 e. The van der Waals surface area contributed by atoms with Gasteiger partial charge in [0.15, 0.2) is 0 Å². The molecule has 1 amide bonds. The van der Waals surface area contributed by atoms with Gasteiger partial charge in [0.25, 0.3) is 0 Å². The first-order chi connectivity index (χ1) is 6.45. The standard InChI is InChI=1S/C8H16N2O2S2/c1-6(7(9)13)8(11)10-4-3-5-14(2)12/h6H,3-5H2,1-2H3,(H2,9,13)(H,10,11). The number of rotatable bonds is 6. The van der Waals surface area contributed by atoms with Crippen LogP contribution in [-0.4, -0.2) is 33.7 Å². The summed E-state index contributed by atoms with van der Waals surface area (Å²) < 4.78 is 10.7. The minimum absolute atomic E-state index is 0.167. The van der Waals surface area contributed by atoms with E-state index in [-0.39, 0.29) is 10.9 Å². The van der Waals surface area contributed by atoms with E-state index in [4.69, 9.17) is 5.73 Å². The van der Waals surface area contributed by atoms with Crippen molar-refractivity contribution in [2.24, 2.45) is 11.7 Å². The van der Waals surface area contributed by atoms with E-state index >= 15 is 0 Å². The molecule has 0 radical (unpaired) electrons. The average molecular weight is 236 g/mol. The Kier molecular flexibility index (Phi) is 6.65. The molecule has 0 aliphatic carbocycles. The Morgan fingerprint density at radius 1 is 1.64 bits per heavy atom. The van der Waals surface area contributed by atoms with E-state index in [1.54, 1.807) is 13.2 Å². The number of hydrogen-bond acceptors (Lipinski definition) is 3. The van der Waals surface area contributed by atoms with Crippen LogP contribution in [0.1, 0.15) is 13.3 Å². The first-order valence-electron chi connectivity index (χ1n) is 4.32. The molecule has 2 unspecified atom stereocenters. The molecule has 0 aliphatic rings. The van der Waals surface area contributed by atoms with Crippen molar-refractivity contribution in [3.8, 4) is 0 Å². The molecule has 0 rings (SSSR count). The van der Waals surface area contributed by atoms with Gasteiger partial charge in [-0.15, -0.1) is 0 Å². The second-order valence-electron chi connectivity index (χ2n) is 3.05. The first-order valence-corrected chi connectivity index (χ1v) is 6.45. The second-order valence-corrected chi connectivity index (χ2v) is 5.07. The van der Waals surface area contributed by atoms with E-state index in [9.17, 15) is 9.00 Å². The maximum Gasteiger partial charge on any atom is 0.229 e. The number of carbonyl (C=O) groups excluding carboxylic acids is 1. The summed E-state index contributed by atoms with van der Waals surface area (Å²) in [5, 5.41) is 2.68. The number of hydrogen-bond donors (Lipinski definition) is 2. The van der Waals surface area contributed by atoms with Crippen molar-refractivity contribution < 1.29 is 9.00 Å². The minimum Gasteiger partial charge on any atom is -0.393 e. The summed E-state index contributed by atoms with van der Waals surface area (Å²) in [6, 6.07) is 0. The van der Waals surface area contributed by atoms with Crippen molar-refractivity contribution in [1.29, 1.82) is 0 Å². The predicted octanol–water partition coefficient (Wildman–Crippen LogP) is -0.207. The normalized spacial score (nSPS) is 14.4. The molecule has 0 heterocycles. The summed E-state index contributed by atoms with van der Waals surface area (Å²) in [4.78, 5) is 11.5. The Bertz CT molecular complexity index is 243. The lowest BCUT2D eigenvalue weighted by molar-refractivity contribution is -0.122. The molecule has 82 valence electrons. The maximum atomic E-state index is 11.3.